The summed E-state index contributed by atoms with van der Waals surface area (Å²) in [7, 11) is -3.71. The maximum absolute atomic E-state index is 13.4. The third-order valence-corrected chi connectivity index (χ3v) is 8.18. The van der Waals surface area contributed by atoms with Gasteiger partial charge in [0, 0.05) is 19.0 Å². The fourth-order valence-corrected chi connectivity index (χ4v) is 6.32. The van der Waals surface area contributed by atoms with Gasteiger partial charge < -0.3 is 0 Å². The fourth-order valence-electron chi connectivity index (χ4n) is 4.54. The molecule has 0 saturated heterocycles. The van der Waals surface area contributed by atoms with Crippen molar-refractivity contribution in [2.75, 3.05) is 6.54 Å². The van der Waals surface area contributed by atoms with Crippen LogP contribution in [0.4, 0.5) is 0 Å². The third-order valence-electron chi connectivity index (χ3n) is 6.08. The molecule has 2 aliphatic rings. The molecule has 1 aliphatic carbocycles. The van der Waals surface area contributed by atoms with Crippen LogP contribution >= 0.6 is 0 Å². The van der Waals surface area contributed by atoms with Gasteiger partial charge in [-0.05, 0) is 44.2 Å². The van der Waals surface area contributed by atoms with Crippen molar-refractivity contribution in [2.24, 2.45) is 5.92 Å². The first kappa shape index (κ1) is 19.3. The van der Waals surface area contributed by atoms with Gasteiger partial charge >= 0.3 is 0 Å². The number of rotatable bonds is 3. The van der Waals surface area contributed by atoms with Crippen molar-refractivity contribution in [3.63, 3.8) is 0 Å². The molecule has 150 valence electrons. The highest BCUT2D eigenvalue weighted by Crippen LogP contribution is 2.30. The molecule has 0 radical (unpaired) electrons. The molecule has 1 aromatic carbocycles. The highest BCUT2D eigenvalue weighted by Gasteiger charge is 2.35. The molecule has 1 saturated carbocycles. The van der Waals surface area contributed by atoms with E-state index in [-0.39, 0.29) is 16.7 Å². The molecule has 2 heterocycles. The average molecular weight is 402 g/mol. The molecular formula is C21H27N3O3S. The van der Waals surface area contributed by atoms with Crippen LogP contribution < -0.4 is 0 Å². The number of benzene rings is 1. The predicted molar refractivity (Wildman–Crippen MR) is 107 cm³/mol. The lowest BCUT2D eigenvalue weighted by molar-refractivity contribution is 0.0781. The Balaban J connectivity index is 1.65. The molecule has 4 rings (SSSR count). The molecule has 1 aliphatic heterocycles. The van der Waals surface area contributed by atoms with Crippen molar-refractivity contribution < 1.29 is 13.2 Å². The Morgan fingerprint density at radius 2 is 1.75 bits per heavy atom. The van der Waals surface area contributed by atoms with E-state index in [0.717, 1.165) is 37.7 Å². The monoisotopic (exact) mass is 401 g/mol. The fraction of sp³-hybridized carbons (Fsp3) is 0.524. The van der Waals surface area contributed by atoms with Gasteiger partial charge in [0.1, 0.15) is 4.90 Å². The average Bonchev–Trinajstić information content (AvgIpc) is 3.02. The zero-order valence-corrected chi connectivity index (χ0v) is 17.3. The largest absolute Gasteiger partial charge is 0.272 e. The minimum atomic E-state index is -3.71. The minimum Gasteiger partial charge on any atom is -0.272 e. The molecule has 2 aromatic rings. The zero-order chi connectivity index (χ0) is 19.9. The van der Waals surface area contributed by atoms with E-state index in [2.05, 4.69) is 11.2 Å². The Labute approximate surface area is 166 Å². The summed E-state index contributed by atoms with van der Waals surface area (Å²) >= 11 is 0. The Hall–Kier alpha value is -1.99. The number of hydrogen-bond donors (Lipinski definition) is 0. The summed E-state index contributed by atoms with van der Waals surface area (Å²) in [6, 6.07) is 7.95. The van der Waals surface area contributed by atoms with Crippen molar-refractivity contribution in [1.29, 1.82) is 0 Å². The SMILES string of the molecule is Cc1nn(C(=O)C2CCCCC2)c(C)c1S(=O)(=O)N1CCc2ccccc2C1. The van der Waals surface area contributed by atoms with E-state index in [1.807, 2.05) is 18.2 Å². The van der Waals surface area contributed by atoms with Crippen molar-refractivity contribution in [1.82, 2.24) is 14.1 Å². The lowest BCUT2D eigenvalue weighted by Crippen LogP contribution is -2.36. The van der Waals surface area contributed by atoms with Crippen LogP contribution in [-0.2, 0) is 23.0 Å². The number of carbonyl (C=O) groups is 1. The second-order valence-electron chi connectivity index (χ2n) is 7.94. The molecule has 0 spiro atoms. The molecule has 0 N–H and O–H groups in total. The molecule has 0 amide bonds. The molecule has 1 aromatic heterocycles. The van der Waals surface area contributed by atoms with E-state index in [9.17, 15) is 13.2 Å². The smallest absolute Gasteiger partial charge is 0.250 e. The van der Waals surface area contributed by atoms with Crippen molar-refractivity contribution >= 4 is 15.9 Å². The van der Waals surface area contributed by atoms with Crippen molar-refractivity contribution in [2.45, 2.75) is 63.8 Å². The third kappa shape index (κ3) is 3.31. The normalized spacial score (nSPS) is 18.8. The molecular weight excluding hydrogens is 374 g/mol. The van der Waals surface area contributed by atoms with Gasteiger partial charge in [-0.15, -0.1) is 0 Å². The lowest BCUT2D eigenvalue weighted by atomic mass is 9.89. The van der Waals surface area contributed by atoms with Gasteiger partial charge in [0.2, 0.25) is 15.9 Å². The first-order chi connectivity index (χ1) is 13.4. The summed E-state index contributed by atoms with van der Waals surface area (Å²) in [6.45, 7) is 4.19. The van der Waals surface area contributed by atoms with Crippen molar-refractivity contribution in [3.8, 4) is 0 Å². The number of carbonyl (C=O) groups excluding carboxylic acids is 1. The molecule has 28 heavy (non-hydrogen) atoms. The van der Waals surface area contributed by atoms with Crippen LogP contribution in [0.15, 0.2) is 29.2 Å². The number of aromatic nitrogens is 2. The number of hydrogen-bond acceptors (Lipinski definition) is 4. The maximum Gasteiger partial charge on any atom is 0.250 e. The second kappa shape index (κ2) is 7.44. The Kier molecular flexibility index (Phi) is 5.14. The van der Waals surface area contributed by atoms with E-state index in [1.54, 1.807) is 13.8 Å². The number of nitrogens with zero attached hydrogens (tertiary/aromatic N) is 3. The van der Waals surface area contributed by atoms with E-state index < -0.39 is 10.0 Å². The highest BCUT2D eigenvalue weighted by atomic mass is 32.2. The number of fused-ring (bicyclic) bond motifs is 1. The summed E-state index contributed by atoms with van der Waals surface area (Å²) in [5, 5.41) is 4.35. The molecule has 6 nitrogen and oxygen atoms in total. The standard InChI is InChI=1S/C21H27N3O3S/c1-15-20(16(2)24(22-15)21(25)18-9-4-3-5-10-18)28(26,27)23-13-12-17-8-6-7-11-19(17)14-23/h6-8,11,18H,3-5,9-10,12-14H2,1-2H3. The Morgan fingerprint density at radius 3 is 2.46 bits per heavy atom. The van der Waals surface area contributed by atoms with Crippen LogP contribution in [0.3, 0.4) is 0 Å². The van der Waals surface area contributed by atoms with Gasteiger partial charge in [0.15, 0.2) is 0 Å². The first-order valence-corrected chi connectivity index (χ1v) is 11.5. The topological polar surface area (TPSA) is 72.3 Å². The van der Waals surface area contributed by atoms with Gasteiger partial charge in [-0.25, -0.2) is 13.1 Å². The minimum absolute atomic E-state index is 0.0517. The summed E-state index contributed by atoms with van der Waals surface area (Å²) in [5.41, 5.74) is 3.08. The molecule has 0 unspecified atom stereocenters. The molecule has 1 fully saturated rings. The quantitative estimate of drug-likeness (QED) is 0.789. The zero-order valence-electron chi connectivity index (χ0n) is 16.5. The van der Waals surface area contributed by atoms with E-state index in [1.165, 1.54) is 14.6 Å². The Bertz CT molecular complexity index is 1000. The van der Waals surface area contributed by atoms with Gasteiger partial charge in [-0.3, -0.25) is 4.79 Å². The van der Waals surface area contributed by atoms with Crippen LogP contribution in [0.1, 0.15) is 59.4 Å². The van der Waals surface area contributed by atoms with Crippen LogP contribution in [0.5, 0.6) is 0 Å². The van der Waals surface area contributed by atoms with Gasteiger partial charge in [0.25, 0.3) is 0 Å². The first-order valence-electron chi connectivity index (χ1n) is 10.1. The summed E-state index contributed by atoms with van der Waals surface area (Å²) in [5.74, 6) is -0.116. The predicted octanol–water partition coefficient (Wildman–Crippen LogP) is 3.47. The number of sulfonamides is 1. The molecule has 0 atom stereocenters. The van der Waals surface area contributed by atoms with Gasteiger partial charge in [-0.1, -0.05) is 43.5 Å². The van der Waals surface area contributed by atoms with Crippen LogP contribution in [0.25, 0.3) is 0 Å². The van der Waals surface area contributed by atoms with Crippen LogP contribution in [0, 0.1) is 19.8 Å². The van der Waals surface area contributed by atoms with Gasteiger partial charge in [0.05, 0.1) is 11.4 Å². The Morgan fingerprint density at radius 1 is 1.07 bits per heavy atom. The summed E-state index contributed by atoms with van der Waals surface area (Å²) in [4.78, 5) is 13.1. The van der Waals surface area contributed by atoms with Gasteiger partial charge in [-0.2, -0.15) is 9.40 Å². The number of aryl methyl sites for hydroxylation is 1. The lowest BCUT2D eigenvalue weighted by Gasteiger charge is -2.28. The van der Waals surface area contributed by atoms with E-state index in [0.29, 0.717) is 30.9 Å². The summed E-state index contributed by atoms with van der Waals surface area (Å²) in [6.07, 6.45) is 5.69. The van der Waals surface area contributed by atoms with E-state index in [4.69, 9.17) is 0 Å². The van der Waals surface area contributed by atoms with E-state index >= 15 is 0 Å². The van der Waals surface area contributed by atoms with Crippen LogP contribution in [0.2, 0.25) is 0 Å². The second-order valence-corrected chi connectivity index (χ2v) is 9.82. The summed E-state index contributed by atoms with van der Waals surface area (Å²) < 4.78 is 29.7. The molecule has 7 heteroatoms. The maximum atomic E-state index is 13.4. The highest BCUT2D eigenvalue weighted by molar-refractivity contribution is 7.89. The van der Waals surface area contributed by atoms with Crippen LogP contribution in [-0.4, -0.2) is 35.0 Å². The van der Waals surface area contributed by atoms with Crippen molar-refractivity contribution in [3.05, 3.63) is 46.8 Å². The molecule has 0 bridgehead atoms.